The van der Waals surface area contributed by atoms with Crippen LogP contribution in [0.2, 0.25) is 0 Å². The largest absolute Gasteiger partial charge is 0.458 e. The van der Waals surface area contributed by atoms with Crippen molar-refractivity contribution in [3.05, 3.63) is 35.5 Å². The molecule has 2 saturated carbocycles. The van der Waals surface area contributed by atoms with E-state index in [4.69, 9.17) is 14.2 Å². The number of carbonyl (C=O) groups excluding carboxylic acids is 2. The van der Waals surface area contributed by atoms with Gasteiger partial charge in [0.05, 0.1) is 24.7 Å². The fourth-order valence-electron chi connectivity index (χ4n) is 8.68. The molecule has 6 heteroatoms. The highest BCUT2D eigenvalue weighted by molar-refractivity contribution is 5.91. The number of rotatable bonds is 1. The van der Waals surface area contributed by atoms with Crippen LogP contribution in [0.3, 0.4) is 0 Å². The lowest BCUT2D eigenvalue weighted by Crippen LogP contribution is -2.59. The summed E-state index contributed by atoms with van der Waals surface area (Å²) in [5.41, 5.74) is 1.88. The average Bonchev–Trinajstić information content (AvgIpc) is 3.02. The highest BCUT2D eigenvalue weighted by Gasteiger charge is 2.63. The van der Waals surface area contributed by atoms with Gasteiger partial charge in [0.2, 0.25) is 0 Å². The predicted octanol–water partition coefficient (Wildman–Crippen LogP) is 3.88. The van der Waals surface area contributed by atoms with Crippen LogP contribution in [0.15, 0.2) is 35.5 Å². The summed E-state index contributed by atoms with van der Waals surface area (Å²) in [5.74, 6) is 0.780. The summed E-state index contributed by atoms with van der Waals surface area (Å²) in [6.07, 6.45) is 7.69. The van der Waals surface area contributed by atoms with Crippen molar-refractivity contribution in [2.45, 2.75) is 83.2 Å². The molecule has 34 heavy (non-hydrogen) atoms. The summed E-state index contributed by atoms with van der Waals surface area (Å²) in [7, 11) is 0. The van der Waals surface area contributed by atoms with Gasteiger partial charge in [-0.3, -0.25) is 4.79 Å². The number of hydrogen-bond acceptors (Lipinski definition) is 6. The quantitative estimate of drug-likeness (QED) is 0.465. The Kier molecular flexibility index (Phi) is 5.00. The third kappa shape index (κ3) is 3.00. The van der Waals surface area contributed by atoms with Gasteiger partial charge in [-0.25, -0.2) is 4.79 Å². The van der Waals surface area contributed by atoms with Crippen LogP contribution in [0.1, 0.15) is 59.3 Å². The Bertz CT molecular complexity index is 1010. The lowest BCUT2D eigenvalue weighted by molar-refractivity contribution is -0.206. The average molecular weight is 469 g/mol. The summed E-state index contributed by atoms with van der Waals surface area (Å²) in [5, 5.41) is 11.7. The summed E-state index contributed by atoms with van der Waals surface area (Å²) >= 11 is 0. The Hall–Kier alpha value is -1.92. The second-order valence-electron chi connectivity index (χ2n) is 12.0. The monoisotopic (exact) mass is 468 g/mol. The van der Waals surface area contributed by atoms with Crippen LogP contribution in [0.5, 0.6) is 0 Å². The maximum Gasteiger partial charge on any atom is 0.336 e. The molecule has 6 rings (SSSR count). The first kappa shape index (κ1) is 22.5. The van der Waals surface area contributed by atoms with Crippen molar-refractivity contribution in [2.75, 3.05) is 6.61 Å². The maximum atomic E-state index is 12.5. The SMILES string of the molecule is C=C1C(=O)OC2CC1(C)OCC2C1CCC2C3CC4OC(=O)CC=CC4=C(C)C3CC(O)C12C. The Balaban J connectivity index is 1.31. The highest BCUT2D eigenvalue weighted by Crippen LogP contribution is 2.65. The van der Waals surface area contributed by atoms with Gasteiger partial charge in [-0.2, -0.15) is 0 Å². The molecule has 6 nitrogen and oxygen atoms in total. The third-order valence-corrected chi connectivity index (χ3v) is 10.6. The molecule has 2 saturated heterocycles. The number of aliphatic hydroxyl groups excluding tert-OH is 1. The van der Waals surface area contributed by atoms with Crippen LogP contribution in [-0.4, -0.2) is 47.6 Å². The Labute approximate surface area is 201 Å². The predicted molar refractivity (Wildman–Crippen MR) is 124 cm³/mol. The van der Waals surface area contributed by atoms with E-state index in [9.17, 15) is 14.7 Å². The van der Waals surface area contributed by atoms with E-state index in [0.29, 0.717) is 42.8 Å². The van der Waals surface area contributed by atoms with Crippen LogP contribution < -0.4 is 0 Å². The second kappa shape index (κ2) is 7.54. The standard InChI is InChI=1S/C28H36O6/c1-14-16-6-5-7-25(30)33-22(16)10-18-17(14)11-24(29)28(4)20(18)8-9-21(28)19-13-32-27(3)12-23(19)34-26(31)15(27)2/h5-6,17-24,29H,2,7-13H2,1,3-4H3. The van der Waals surface area contributed by atoms with Crippen molar-refractivity contribution < 1.29 is 28.9 Å². The summed E-state index contributed by atoms with van der Waals surface area (Å²) in [6.45, 7) is 10.8. The van der Waals surface area contributed by atoms with Crippen LogP contribution in [0.25, 0.3) is 0 Å². The zero-order valence-electron chi connectivity index (χ0n) is 20.4. The molecule has 6 aliphatic rings. The van der Waals surface area contributed by atoms with Gasteiger partial charge in [0.25, 0.3) is 0 Å². The lowest BCUT2D eigenvalue weighted by Gasteiger charge is -2.57. The Morgan fingerprint density at radius 1 is 1.09 bits per heavy atom. The summed E-state index contributed by atoms with van der Waals surface area (Å²) in [6, 6.07) is 0. The van der Waals surface area contributed by atoms with Gasteiger partial charge in [0, 0.05) is 12.3 Å². The molecule has 3 heterocycles. The van der Waals surface area contributed by atoms with Gasteiger partial charge in [0.15, 0.2) is 0 Å². The molecule has 3 aliphatic heterocycles. The zero-order chi connectivity index (χ0) is 24.0. The number of ether oxygens (including phenoxy) is 3. The lowest BCUT2D eigenvalue weighted by atomic mass is 9.51. The third-order valence-electron chi connectivity index (χ3n) is 10.6. The molecule has 10 atom stereocenters. The van der Waals surface area contributed by atoms with Crippen molar-refractivity contribution in [2.24, 2.45) is 35.0 Å². The van der Waals surface area contributed by atoms with Gasteiger partial charge in [-0.05, 0) is 74.2 Å². The second-order valence-corrected chi connectivity index (χ2v) is 12.0. The number of fused-ring (bicyclic) bond motifs is 6. The maximum absolute atomic E-state index is 12.5. The van der Waals surface area contributed by atoms with Crippen LogP contribution >= 0.6 is 0 Å². The van der Waals surface area contributed by atoms with Crippen molar-refractivity contribution >= 4 is 11.9 Å². The number of aliphatic hydroxyl groups is 1. The van der Waals surface area contributed by atoms with Crippen LogP contribution in [-0.2, 0) is 23.8 Å². The zero-order valence-corrected chi connectivity index (χ0v) is 20.4. The molecular formula is C28H36O6. The molecule has 184 valence electrons. The van der Waals surface area contributed by atoms with Crippen molar-refractivity contribution in [1.29, 1.82) is 0 Å². The van der Waals surface area contributed by atoms with E-state index < -0.39 is 11.7 Å². The van der Waals surface area contributed by atoms with E-state index in [2.05, 4.69) is 26.5 Å². The van der Waals surface area contributed by atoms with Gasteiger partial charge in [-0.15, -0.1) is 0 Å². The van der Waals surface area contributed by atoms with Gasteiger partial charge in [-0.1, -0.05) is 31.2 Å². The minimum atomic E-state index is -0.649. The van der Waals surface area contributed by atoms with E-state index in [1.807, 2.05) is 13.0 Å². The van der Waals surface area contributed by atoms with Crippen LogP contribution in [0, 0.1) is 35.0 Å². The minimum absolute atomic E-state index is 0.0701. The molecule has 3 aliphatic carbocycles. The van der Waals surface area contributed by atoms with Crippen molar-refractivity contribution in [3.8, 4) is 0 Å². The van der Waals surface area contributed by atoms with Gasteiger partial charge >= 0.3 is 11.9 Å². The first-order valence-corrected chi connectivity index (χ1v) is 12.9. The molecule has 0 radical (unpaired) electrons. The molecule has 1 N–H and O–H groups in total. The summed E-state index contributed by atoms with van der Waals surface area (Å²) < 4.78 is 18.0. The molecule has 10 unspecified atom stereocenters. The molecule has 0 amide bonds. The Morgan fingerprint density at radius 3 is 2.59 bits per heavy atom. The summed E-state index contributed by atoms with van der Waals surface area (Å²) in [4.78, 5) is 24.7. The number of allylic oxidation sites excluding steroid dienone is 1. The molecule has 2 bridgehead atoms. The molecule has 0 aromatic rings. The number of hydrogen-bond donors (Lipinski definition) is 1. The topological polar surface area (TPSA) is 82.1 Å². The van der Waals surface area contributed by atoms with Crippen molar-refractivity contribution in [3.63, 3.8) is 0 Å². The van der Waals surface area contributed by atoms with E-state index in [1.165, 1.54) is 5.57 Å². The Morgan fingerprint density at radius 2 is 1.82 bits per heavy atom. The van der Waals surface area contributed by atoms with Crippen molar-refractivity contribution in [1.82, 2.24) is 0 Å². The normalized spacial score (nSPS) is 50.1. The first-order chi connectivity index (χ1) is 16.1. The molecule has 0 aromatic heterocycles. The van der Waals surface area contributed by atoms with E-state index in [0.717, 1.165) is 31.3 Å². The minimum Gasteiger partial charge on any atom is -0.458 e. The number of esters is 2. The fraction of sp³-hybridized carbons (Fsp3) is 0.714. The molecular weight excluding hydrogens is 432 g/mol. The van der Waals surface area contributed by atoms with Gasteiger partial charge in [0.1, 0.15) is 17.8 Å². The molecule has 0 spiro atoms. The number of carbonyl (C=O) groups is 2. The van der Waals surface area contributed by atoms with E-state index >= 15 is 0 Å². The molecule has 4 fully saturated rings. The van der Waals surface area contributed by atoms with E-state index in [-0.39, 0.29) is 41.4 Å². The van der Waals surface area contributed by atoms with E-state index in [1.54, 1.807) is 0 Å². The van der Waals surface area contributed by atoms with Crippen LogP contribution in [0.4, 0.5) is 0 Å². The van der Waals surface area contributed by atoms with Gasteiger partial charge < -0.3 is 19.3 Å². The molecule has 0 aromatic carbocycles. The smallest absolute Gasteiger partial charge is 0.336 e. The fourth-order valence-corrected chi connectivity index (χ4v) is 8.68. The highest BCUT2D eigenvalue weighted by atomic mass is 16.6. The first-order valence-electron chi connectivity index (χ1n) is 12.9.